The first kappa shape index (κ1) is 19.2. The summed E-state index contributed by atoms with van der Waals surface area (Å²) in [6.07, 6.45) is 0. The number of para-hydroxylation sites is 2. The molecule has 0 spiro atoms. The van der Waals surface area contributed by atoms with Crippen molar-refractivity contribution in [2.24, 2.45) is 0 Å². The molecule has 2 amide bonds. The largest absolute Gasteiger partial charge is 0.493 e. The van der Waals surface area contributed by atoms with E-state index >= 15 is 0 Å². The number of aromatic nitrogens is 2. The van der Waals surface area contributed by atoms with E-state index in [0.29, 0.717) is 28.4 Å². The summed E-state index contributed by atoms with van der Waals surface area (Å²) in [7, 11) is 2.99. The van der Waals surface area contributed by atoms with Crippen LogP contribution in [0.15, 0.2) is 51.8 Å². The molecule has 10 nitrogen and oxygen atoms in total. The van der Waals surface area contributed by atoms with Crippen LogP contribution in [0.1, 0.15) is 0 Å². The fraction of sp³-hybridized carbons (Fsp3) is 0.200. The van der Waals surface area contributed by atoms with Gasteiger partial charge in [0.2, 0.25) is 11.8 Å². The quantitative estimate of drug-likeness (QED) is 0.678. The van der Waals surface area contributed by atoms with Crippen LogP contribution in [0, 0.1) is 0 Å². The third-order valence-corrected chi connectivity index (χ3v) is 4.69. The van der Waals surface area contributed by atoms with Gasteiger partial charge in [-0.2, -0.15) is 0 Å². The lowest BCUT2D eigenvalue weighted by atomic mass is 10.1. The molecule has 1 aliphatic heterocycles. The molecule has 3 aromatic rings. The number of methoxy groups -OCH3 is 2. The number of hydrogen-bond donors (Lipinski definition) is 1. The summed E-state index contributed by atoms with van der Waals surface area (Å²) in [5.74, 6) is -0.466. The minimum absolute atomic E-state index is 0.151. The van der Waals surface area contributed by atoms with E-state index < -0.39 is 11.7 Å². The Bertz CT molecular complexity index is 1180. The molecule has 0 radical (unpaired) electrons. The number of fused-ring (bicyclic) bond motifs is 1. The van der Waals surface area contributed by atoms with Gasteiger partial charge in [-0.1, -0.05) is 17.3 Å². The summed E-state index contributed by atoms with van der Waals surface area (Å²) < 4.78 is 16.4. The third-order valence-electron chi connectivity index (χ3n) is 4.69. The van der Waals surface area contributed by atoms with Crippen molar-refractivity contribution in [2.75, 3.05) is 31.0 Å². The van der Waals surface area contributed by atoms with Gasteiger partial charge in [-0.3, -0.25) is 19.0 Å². The molecule has 154 valence electrons. The van der Waals surface area contributed by atoms with E-state index in [1.807, 2.05) is 0 Å². The maximum atomic E-state index is 13.0. The topological polar surface area (TPSA) is 116 Å². The Kier molecular flexibility index (Phi) is 4.97. The van der Waals surface area contributed by atoms with Crippen molar-refractivity contribution in [1.29, 1.82) is 0 Å². The predicted octanol–water partition coefficient (Wildman–Crippen LogP) is 1.51. The molecule has 30 heavy (non-hydrogen) atoms. The molecule has 1 aliphatic rings. The van der Waals surface area contributed by atoms with Crippen molar-refractivity contribution < 1.29 is 23.6 Å². The molecule has 0 aliphatic carbocycles. The van der Waals surface area contributed by atoms with Crippen molar-refractivity contribution >= 4 is 23.2 Å². The highest BCUT2D eigenvalue weighted by Gasteiger charge is 2.28. The molecular formula is C20H18N4O6. The summed E-state index contributed by atoms with van der Waals surface area (Å²) >= 11 is 0. The number of anilines is 2. The zero-order valence-electron chi connectivity index (χ0n) is 16.2. The van der Waals surface area contributed by atoms with Crippen LogP contribution in [0.5, 0.6) is 11.5 Å². The summed E-state index contributed by atoms with van der Waals surface area (Å²) in [6.45, 7) is -0.505. The molecular weight excluding hydrogens is 392 g/mol. The number of nitrogens with zero attached hydrogens (tertiary/aromatic N) is 3. The van der Waals surface area contributed by atoms with Crippen molar-refractivity contribution in [3.63, 3.8) is 0 Å². The van der Waals surface area contributed by atoms with Crippen LogP contribution in [0.3, 0.4) is 0 Å². The zero-order valence-corrected chi connectivity index (χ0v) is 16.2. The minimum atomic E-state index is -0.789. The molecule has 10 heteroatoms. The number of nitrogens with one attached hydrogen (secondary N) is 1. The lowest BCUT2D eigenvalue weighted by Gasteiger charge is -2.29. The second-order valence-electron chi connectivity index (χ2n) is 6.47. The predicted molar refractivity (Wildman–Crippen MR) is 107 cm³/mol. The highest BCUT2D eigenvalue weighted by Crippen LogP contribution is 2.32. The Balaban J connectivity index is 1.67. The van der Waals surface area contributed by atoms with Gasteiger partial charge in [0.15, 0.2) is 17.3 Å². The van der Waals surface area contributed by atoms with E-state index in [0.717, 1.165) is 4.57 Å². The SMILES string of the molecule is COc1ccc(-c2noc(=O)n2CC(=O)N2CC(=O)Nc3ccccc32)cc1OC. The van der Waals surface area contributed by atoms with Gasteiger partial charge in [-0.15, -0.1) is 0 Å². The van der Waals surface area contributed by atoms with Crippen LogP contribution in [0.25, 0.3) is 11.4 Å². The molecule has 2 aromatic carbocycles. The number of hydrogen-bond acceptors (Lipinski definition) is 7. The first-order chi connectivity index (χ1) is 14.5. The number of rotatable bonds is 5. The van der Waals surface area contributed by atoms with Gasteiger partial charge in [-0.05, 0) is 30.3 Å². The Morgan fingerprint density at radius 1 is 1.13 bits per heavy atom. The lowest BCUT2D eigenvalue weighted by molar-refractivity contribution is -0.122. The van der Waals surface area contributed by atoms with Gasteiger partial charge < -0.3 is 14.8 Å². The molecule has 2 heterocycles. The van der Waals surface area contributed by atoms with Gasteiger partial charge >= 0.3 is 5.76 Å². The standard InChI is InChI=1S/C20H18N4O6/c1-28-15-8-7-12(9-16(15)29-2)19-22-30-20(27)24(19)11-18(26)23-10-17(25)21-13-5-3-4-6-14(13)23/h3-9H,10-11H2,1-2H3,(H,21,25). The molecule has 0 saturated heterocycles. The number of benzene rings is 2. The fourth-order valence-corrected chi connectivity index (χ4v) is 3.27. The summed E-state index contributed by atoms with van der Waals surface area (Å²) in [5, 5.41) is 6.52. The van der Waals surface area contributed by atoms with Crippen LogP contribution < -0.4 is 25.4 Å². The summed E-state index contributed by atoms with van der Waals surface area (Å²) in [5.41, 5.74) is 1.59. The van der Waals surface area contributed by atoms with Crippen molar-refractivity contribution in [3.05, 3.63) is 53.0 Å². The second kappa shape index (κ2) is 7.74. The lowest BCUT2D eigenvalue weighted by Crippen LogP contribution is -2.44. The average molecular weight is 410 g/mol. The van der Waals surface area contributed by atoms with Crippen molar-refractivity contribution in [2.45, 2.75) is 6.54 Å². The Morgan fingerprint density at radius 3 is 2.67 bits per heavy atom. The molecule has 0 saturated carbocycles. The normalized spacial score (nSPS) is 12.9. The maximum absolute atomic E-state index is 13.0. The smallest absolute Gasteiger partial charge is 0.442 e. The molecule has 4 rings (SSSR count). The first-order valence-corrected chi connectivity index (χ1v) is 9.00. The molecule has 1 aromatic heterocycles. The fourth-order valence-electron chi connectivity index (χ4n) is 3.27. The van der Waals surface area contributed by atoms with Gasteiger partial charge in [0.1, 0.15) is 13.1 Å². The van der Waals surface area contributed by atoms with Gasteiger partial charge in [0, 0.05) is 5.56 Å². The highest BCUT2D eigenvalue weighted by atomic mass is 16.5. The average Bonchev–Trinajstić information content (AvgIpc) is 3.12. The van der Waals surface area contributed by atoms with Gasteiger partial charge in [-0.25, -0.2) is 9.36 Å². The highest BCUT2D eigenvalue weighted by molar-refractivity contribution is 6.09. The van der Waals surface area contributed by atoms with Crippen LogP contribution in [-0.4, -0.2) is 42.3 Å². The van der Waals surface area contributed by atoms with Crippen LogP contribution in [-0.2, 0) is 16.1 Å². The van der Waals surface area contributed by atoms with Crippen molar-refractivity contribution in [3.8, 4) is 22.9 Å². The molecule has 0 atom stereocenters. The number of amides is 2. The molecule has 0 unspecified atom stereocenters. The second-order valence-corrected chi connectivity index (χ2v) is 6.47. The molecule has 1 N–H and O–H groups in total. The Hall–Kier alpha value is -4.08. The number of carbonyl (C=O) groups excluding carboxylic acids is 2. The van der Waals surface area contributed by atoms with E-state index in [1.54, 1.807) is 42.5 Å². The first-order valence-electron chi connectivity index (χ1n) is 9.00. The Morgan fingerprint density at radius 2 is 1.90 bits per heavy atom. The number of ether oxygens (including phenoxy) is 2. The summed E-state index contributed by atoms with van der Waals surface area (Å²) in [4.78, 5) is 38.6. The van der Waals surface area contributed by atoms with Crippen LogP contribution in [0.2, 0.25) is 0 Å². The van der Waals surface area contributed by atoms with E-state index in [9.17, 15) is 14.4 Å². The van der Waals surface area contributed by atoms with Gasteiger partial charge in [0.25, 0.3) is 0 Å². The van der Waals surface area contributed by atoms with E-state index in [1.165, 1.54) is 19.1 Å². The molecule has 0 bridgehead atoms. The third kappa shape index (κ3) is 3.39. The Labute approximate surface area is 170 Å². The van der Waals surface area contributed by atoms with Crippen LogP contribution in [0.4, 0.5) is 11.4 Å². The van der Waals surface area contributed by atoms with Crippen LogP contribution >= 0.6 is 0 Å². The monoisotopic (exact) mass is 410 g/mol. The van der Waals surface area contributed by atoms with E-state index in [2.05, 4.69) is 10.5 Å². The zero-order chi connectivity index (χ0) is 21.3. The number of carbonyl (C=O) groups is 2. The van der Waals surface area contributed by atoms with Gasteiger partial charge in [0.05, 0.1) is 25.6 Å². The summed E-state index contributed by atoms with van der Waals surface area (Å²) in [6, 6.07) is 11.9. The molecule has 0 fully saturated rings. The minimum Gasteiger partial charge on any atom is -0.493 e. The maximum Gasteiger partial charge on any atom is 0.442 e. The van der Waals surface area contributed by atoms with Crippen molar-refractivity contribution in [1.82, 2.24) is 9.72 Å². The van der Waals surface area contributed by atoms with E-state index in [-0.39, 0.29) is 24.8 Å². The van der Waals surface area contributed by atoms with E-state index in [4.69, 9.17) is 14.0 Å².